The number of amides is 1. The first-order valence-electron chi connectivity index (χ1n) is 9.39. The summed E-state index contributed by atoms with van der Waals surface area (Å²) in [5, 5.41) is 9.84. The van der Waals surface area contributed by atoms with Gasteiger partial charge in [0.2, 0.25) is 0 Å². The summed E-state index contributed by atoms with van der Waals surface area (Å²) in [7, 11) is 0. The van der Waals surface area contributed by atoms with Gasteiger partial charge in [-0.05, 0) is 36.1 Å². The third kappa shape index (κ3) is 4.59. The van der Waals surface area contributed by atoms with Gasteiger partial charge < -0.3 is 10.6 Å². The van der Waals surface area contributed by atoms with Crippen molar-refractivity contribution >= 4 is 45.1 Å². The number of alkyl halides is 3. The maximum Gasteiger partial charge on any atom is 0.410 e. The second-order valence-electron chi connectivity index (χ2n) is 7.06. The molecule has 162 valence electrons. The lowest BCUT2D eigenvalue weighted by atomic mass is 9.97. The van der Waals surface area contributed by atoms with Gasteiger partial charge in [0.25, 0.3) is 5.91 Å². The van der Waals surface area contributed by atoms with Crippen molar-refractivity contribution in [3.05, 3.63) is 70.3 Å². The number of benzene rings is 2. The summed E-state index contributed by atoms with van der Waals surface area (Å²) < 4.78 is 43.2. The molecule has 0 spiro atoms. The molecule has 2 atom stereocenters. The molecule has 0 radical (unpaired) electrons. The third-order valence-corrected chi connectivity index (χ3v) is 6.37. The van der Waals surface area contributed by atoms with E-state index in [-0.39, 0.29) is 17.9 Å². The lowest BCUT2D eigenvalue weighted by Gasteiger charge is -2.33. The average Bonchev–Trinajstić information content (AvgIpc) is 3.17. The molecule has 0 bridgehead atoms. The Kier molecular flexibility index (Phi) is 6.02. The summed E-state index contributed by atoms with van der Waals surface area (Å²) in [4.78, 5) is 13.6. The van der Waals surface area contributed by atoms with Crippen LogP contribution in [0.4, 0.5) is 24.7 Å². The van der Waals surface area contributed by atoms with Crippen molar-refractivity contribution in [3.63, 3.8) is 0 Å². The number of nitrogens with zero attached hydrogens (tertiary/aromatic N) is 2. The molecule has 1 amide bonds. The fraction of sp³-hybridized carbons (Fsp3) is 0.238. The number of hydrogen-bond acceptors (Lipinski definition) is 4. The molecule has 0 saturated carbocycles. The fourth-order valence-electron chi connectivity index (χ4n) is 3.53. The van der Waals surface area contributed by atoms with Crippen LogP contribution in [0.15, 0.2) is 64.0 Å². The number of halogens is 4. The molecule has 2 aromatic carbocycles. The number of thioether (sulfide) groups is 1. The van der Waals surface area contributed by atoms with Crippen LogP contribution >= 0.6 is 27.7 Å². The van der Waals surface area contributed by atoms with Gasteiger partial charge in [-0.3, -0.25) is 4.79 Å². The Balaban J connectivity index is 1.64. The minimum atomic E-state index is -4.50. The lowest BCUT2D eigenvalue weighted by Crippen LogP contribution is -2.35. The maximum absolute atomic E-state index is 13.8. The number of aromatic nitrogens is 2. The molecule has 2 heterocycles. The van der Waals surface area contributed by atoms with E-state index in [1.807, 2.05) is 18.4 Å². The van der Waals surface area contributed by atoms with Gasteiger partial charge in [0.1, 0.15) is 5.82 Å². The van der Waals surface area contributed by atoms with Crippen molar-refractivity contribution in [2.75, 3.05) is 16.9 Å². The molecule has 10 heteroatoms. The molecule has 1 aliphatic rings. The smallest absolute Gasteiger partial charge is 0.363 e. The van der Waals surface area contributed by atoms with Crippen LogP contribution in [0.1, 0.15) is 34.6 Å². The quantitative estimate of drug-likeness (QED) is 0.405. The van der Waals surface area contributed by atoms with E-state index in [1.54, 1.807) is 36.4 Å². The third-order valence-electron chi connectivity index (χ3n) is 5.05. The highest BCUT2D eigenvalue weighted by Crippen LogP contribution is 2.43. The zero-order valence-corrected chi connectivity index (χ0v) is 18.7. The Morgan fingerprint density at radius 2 is 1.94 bits per heavy atom. The number of carbonyl (C=O) groups excluding carboxylic acids is 1. The Labute approximate surface area is 189 Å². The molecule has 0 fully saturated rings. The van der Waals surface area contributed by atoms with Crippen LogP contribution in [0.3, 0.4) is 0 Å². The van der Waals surface area contributed by atoms with Gasteiger partial charge in [-0.25, -0.2) is 4.68 Å². The number of hydrogen-bond donors (Lipinski definition) is 2. The first-order valence-corrected chi connectivity index (χ1v) is 11.4. The summed E-state index contributed by atoms with van der Waals surface area (Å²) in [5.74, 6) is -0.406. The van der Waals surface area contributed by atoms with E-state index in [9.17, 15) is 18.0 Å². The molecule has 0 unspecified atom stereocenters. The number of fused-ring (bicyclic) bond motifs is 1. The molecule has 31 heavy (non-hydrogen) atoms. The lowest BCUT2D eigenvalue weighted by molar-refractivity contribution is -0.173. The molecular formula is C21H18BrF3N4OS. The number of para-hydroxylation sites is 1. The fourth-order valence-corrected chi connectivity index (χ4v) is 4.35. The van der Waals surface area contributed by atoms with Crippen LogP contribution in [0.5, 0.6) is 0 Å². The Morgan fingerprint density at radius 3 is 2.61 bits per heavy atom. The number of anilines is 2. The van der Waals surface area contributed by atoms with Crippen LogP contribution < -0.4 is 10.6 Å². The standard InChI is InChI=1S/C21H18BrF3N4OS/c1-31-17-5-3-2-4-14(17)27-20(30)16-11-19-26-15(12-6-8-13(22)9-7-12)10-18(21(23,24)25)29(19)28-16/h2-9,11,15,18,26H,10H2,1H3,(H,27,30)/t15-,18-/m1/s1. The zero-order chi connectivity index (χ0) is 22.2. The molecule has 1 aromatic heterocycles. The summed E-state index contributed by atoms with van der Waals surface area (Å²) in [6, 6.07) is 13.3. The van der Waals surface area contributed by atoms with Crippen molar-refractivity contribution in [1.82, 2.24) is 9.78 Å². The van der Waals surface area contributed by atoms with Gasteiger partial charge in [0.05, 0.1) is 11.7 Å². The van der Waals surface area contributed by atoms with E-state index in [0.717, 1.165) is 19.6 Å². The summed E-state index contributed by atoms with van der Waals surface area (Å²) in [6.07, 6.45) is -2.85. The van der Waals surface area contributed by atoms with Crippen molar-refractivity contribution in [2.24, 2.45) is 0 Å². The highest BCUT2D eigenvalue weighted by molar-refractivity contribution is 9.10. The molecular weight excluding hydrogens is 493 g/mol. The second-order valence-corrected chi connectivity index (χ2v) is 8.82. The second kappa shape index (κ2) is 8.58. The Bertz CT molecular complexity index is 1100. The summed E-state index contributed by atoms with van der Waals surface area (Å²) >= 11 is 4.79. The predicted molar refractivity (Wildman–Crippen MR) is 119 cm³/mol. The highest BCUT2D eigenvalue weighted by Gasteiger charge is 2.46. The zero-order valence-electron chi connectivity index (χ0n) is 16.3. The molecule has 5 nitrogen and oxygen atoms in total. The average molecular weight is 511 g/mol. The van der Waals surface area contributed by atoms with Gasteiger partial charge in [0, 0.05) is 21.9 Å². The largest absolute Gasteiger partial charge is 0.410 e. The van der Waals surface area contributed by atoms with E-state index in [2.05, 4.69) is 31.7 Å². The monoisotopic (exact) mass is 510 g/mol. The van der Waals surface area contributed by atoms with E-state index >= 15 is 0 Å². The molecule has 3 aromatic rings. The van der Waals surface area contributed by atoms with Gasteiger partial charge in [-0.2, -0.15) is 18.3 Å². The number of nitrogens with one attached hydrogen (secondary N) is 2. The van der Waals surface area contributed by atoms with Gasteiger partial charge in [-0.1, -0.05) is 40.2 Å². The predicted octanol–water partition coefficient (Wildman–Crippen LogP) is 6.28. The molecule has 2 N–H and O–H groups in total. The Morgan fingerprint density at radius 1 is 1.23 bits per heavy atom. The van der Waals surface area contributed by atoms with Crippen molar-refractivity contribution in [3.8, 4) is 0 Å². The van der Waals surface area contributed by atoms with E-state index in [0.29, 0.717) is 5.69 Å². The summed E-state index contributed by atoms with van der Waals surface area (Å²) in [5.41, 5.74) is 1.23. The normalized spacial score (nSPS) is 18.2. The van der Waals surface area contributed by atoms with Crippen molar-refractivity contribution in [1.29, 1.82) is 0 Å². The first kappa shape index (κ1) is 21.8. The van der Waals surface area contributed by atoms with Gasteiger partial charge in [-0.15, -0.1) is 11.8 Å². The van der Waals surface area contributed by atoms with Crippen LogP contribution in [-0.4, -0.2) is 28.1 Å². The van der Waals surface area contributed by atoms with Crippen LogP contribution in [0.25, 0.3) is 0 Å². The number of carbonyl (C=O) groups is 1. The molecule has 0 saturated heterocycles. The molecule has 4 rings (SSSR count). The van der Waals surface area contributed by atoms with Crippen LogP contribution in [0.2, 0.25) is 0 Å². The van der Waals surface area contributed by atoms with Crippen LogP contribution in [-0.2, 0) is 0 Å². The first-order chi connectivity index (χ1) is 14.8. The van der Waals surface area contributed by atoms with Crippen molar-refractivity contribution in [2.45, 2.75) is 29.6 Å². The van der Waals surface area contributed by atoms with Gasteiger partial charge in [0.15, 0.2) is 11.7 Å². The Hall–Kier alpha value is -2.46. The SMILES string of the molecule is CSc1ccccc1NC(=O)c1cc2n(n1)[C@@H](C(F)(F)F)C[C@H](c1ccc(Br)cc1)N2. The van der Waals surface area contributed by atoms with E-state index in [1.165, 1.54) is 17.8 Å². The number of rotatable bonds is 4. The topological polar surface area (TPSA) is 59.0 Å². The minimum absolute atomic E-state index is 0.0795. The van der Waals surface area contributed by atoms with E-state index in [4.69, 9.17) is 0 Å². The van der Waals surface area contributed by atoms with Crippen LogP contribution in [0, 0.1) is 0 Å². The van der Waals surface area contributed by atoms with Crippen molar-refractivity contribution < 1.29 is 18.0 Å². The van der Waals surface area contributed by atoms with Gasteiger partial charge >= 0.3 is 6.18 Å². The summed E-state index contributed by atoms with van der Waals surface area (Å²) in [6.45, 7) is 0. The minimum Gasteiger partial charge on any atom is -0.363 e. The molecule has 0 aliphatic carbocycles. The highest BCUT2D eigenvalue weighted by atomic mass is 79.9. The molecule has 1 aliphatic heterocycles. The van der Waals surface area contributed by atoms with E-state index < -0.39 is 24.2 Å². The maximum atomic E-state index is 13.8.